The van der Waals surface area contributed by atoms with Crippen molar-refractivity contribution in [3.8, 4) is 0 Å². The minimum Gasteiger partial charge on any atom is -0.360 e. The van der Waals surface area contributed by atoms with Gasteiger partial charge in [-0.15, -0.1) is 0 Å². The Labute approximate surface area is 108 Å². The molecule has 0 atom stereocenters. The number of hydrogen-bond acceptors (Lipinski definition) is 4. The summed E-state index contributed by atoms with van der Waals surface area (Å²) in [4.78, 5) is 16.6. The molecule has 0 radical (unpaired) electrons. The van der Waals surface area contributed by atoms with Gasteiger partial charge in [0, 0.05) is 32.6 Å². The van der Waals surface area contributed by atoms with Gasteiger partial charge in [0.15, 0.2) is 0 Å². The molecule has 1 saturated heterocycles. The second-order valence-electron chi connectivity index (χ2n) is 4.91. The van der Waals surface area contributed by atoms with Crippen molar-refractivity contribution in [2.75, 3.05) is 33.2 Å². The van der Waals surface area contributed by atoms with Crippen LogP contribution in [0.5, 0.6) is 0 Å². The first-order valence-corrected chi connectivity index (χ1v) is 6.56. The molecule has 0 unspecified atom stereocenters. The number of likely N-dealkylation sites (N-methyl/N-ethyl adjacent to an activating group) is 1. The van der Waals surface area contributed by atoms with E-state index in [-0.39, 0.29) is 5.91 Å². The fourth-order valence-electron chi connectivity index (χ4n) is 2.26. The number of rotatable bonds is 3. The Morgan fingerprint density at radius 2 is 2.00 bits per heavy atom. The largest absolute Gasteiger partial charge is 0.360 e. The zero-order valence-electron chi connectivity index (χ0n) is 11.4. The third-order valence-corrected chi connectivity index (χ3v) is 3.41. The van der Waals surface area contributed by atoms with Gasteiger partial charge in [-0.3, -0.25) is 4.79 Å². The number of amides is 1. The van der Waals surface area contributed by atoms with E-state index < -0.39 is 0 Å². The van der Waals surface area contributed by atoms with E-state index >= 15 is 0 Å². The van der Waals surface area contributed by atoms with E-state index in [1.165, 1.54) is 0 Å². The van der Waals surface area contributed by atoms with Crippen molar-refractivity contribution in [3.63, 3.8) is 0 Å². The molecule has 1 aromatic rings. The Bertz CT molecular complexity index is 420. The summed E-state index contributed by atoms with van der Waals surface area (Å²) in [5, 5.41) is 3.93. The number of nitrogens with zero attached hydrogens (tertiary/aromatic N) is 3. The molecule has 0 bridgehead atoms. The number of aryl methyl sites for hydroxylation is 2. The maximum Gasteiger partial charge on any atom is 0.259 e. The summed E-state index contributed by atoms with van der Waals surface area (Å²) in [5.74, 6) is 0.809. The van der Waals surface area contributed by atoms with Crippen molar-refractivity contribution in [1.29, 1.82) is 0 Å². The van der Waals surface area contributed by atoms with E-state index in [2.05, 4.69) is 24.0 Å². The van der Waals surface area contributed by atoms with Crippen LogP contribution in [0.25, 0.3) is 0 Å². The monoisotopic (exact) mass is 251 g/mol. The van der Waals surface area contributed by atoms with Gasteiger partial charge in [-0.1, -0.05) is 12.1 Å². The lowest BCUT2D eigenvalue weighted by Crippen LogP contribution is -2.47. The Kier molecular flexibility index (Phi) is 4.01. The zero-order valence-corrected chi connectivity index (χ0v) is 11.4. The smallest absolute Gasteiger partial charge is 0.259 e. The van der Waals surface area contributed by atoms with E-state index in [0.717, 1.165) is 44.8 Å². The van der Waals surface area contributed by atoms with Gasteiger partial charge in [-0.05, 0) is 20.4 Å². The SMILES string of the molecule is CCCc1onc(C)c1C(=O)N1CCN(C)CC1. The third kappa shape index (κ3) is 2.56. The van der Waals surface area contributed by atoms with E-state index in [1.807, 2.05) is 11.8 Å². The molecule has 2 rings (SSSR count). The molecule has 5 heteroatoms. The topological polar surface area (TPSA) is 49.6 Å². The van der Waals surface area contributed by atoms with Crippen molar-refractivity contribution >= 4 is 5.91 Å². The lowest BCUT2D eigenvalue weighted by molar-refractivity contribution is 0.0661. The van der Waals surface area contributed by atoms with Gasteiger partial charge in [-0.25, -0.2) is 0 Å². The molecule has 0 spiro atoms. The molecule has 1 aliphatic rings. The molecule has 1 amide bonds. The molecule has 0 aliphatic carbocycles. The maximum absolute atomic E-state index is 12.5. The van der Waals surface area contributed by atoms with Crippen LogP contribution in [0.15, 0.2) is 4.52 Å². The average molecular weight is 251 g/mol. The van der Waals surface area contributed by atoms with Crippen LogP contribution in [0.4, 0.5) is 0 Å². The van der Waals surface area contributed by atoms with Gasteiger partial charge in [0.25, 0.3) is 5.91 Å². The lowest BCUT2D eigenvalue weighted by Gasteiger charge is -2.32. The molecule has 0 saturated carbocycles. The van der Waals surface area contributed by atoms with Crippen LogP contribution in [0.1, 0.15) is 35.2 Å². The Morgan fingerprint density at radius 1 is 1.33 bits per heavy atom. The van der Waals surface area contributed by atoms with Gasteiger partial charge in [0.05, 0.1) is 5.69 Å². The summed E-state index contributed by atoms with van der Waals surface area (Å²) in [6, 6.07) is 0. The van der Waals surface area contributed by atoms with Gasteiger partial charge in [0.1, 0.15) is 11.3 Å². The number of carbonyl (C=O) groups excluding carboxylic acids is 1. The first-order valence-electron chi connectivity index (χ1n) is 6.56. The summed E-state index contributed by atoms with van der Waals surface area (Å²) < 4.78 is 5.26. The summed E-state index contributed by atoms with van der Waals surface area (Å²) >= 11 is 0. The Hall–Kier alpha value is -1.36. The van der Waals surface area contributed by atoms with Gasteiger partial charge in [-0.2, -0.15) is 0 Å². The van der Waals surface area contributed by atoms with Crippen LogP contribution in [0, 0.1) is 6.92 Å². The van der Waals surface area contributed by atoms with Crippen molar-refractivity contribution in [3.05, 3.63) is 17.0 Å². The fourth-order valence-corrected chi connectivity index (χ4v) is 2.26. The van der Waals surface area contributed by atoms with Crippen LogP contribution in [-0.2, 0) is 6.42 Å². The Morgan fingerprint density at radius 3 is 2.61 bits per heavy atom. The van der Waals surface area contributed by atoms with Crippen molar-refractivity contribution in [2.45, 2.75) is 26.7 Å². The highest BCUT2D eigenvalue weighted by Crippen LogP contribution is 2.18. The summed E-state index contributed by atoms with van der Waals surface area (Å²) in [5.41, 5.74) is 1.39. The molecule has 1 fully saturated rings. The molecule has 18 heavy (non-hydrogen) atoms. The fraction of sp³-hybridized carbons (Fsp3) is 0.692. The van der Waals surface area contributed by atoms with Gasteiger partial charge >= 0.3 is 0 Å². The minimum absolute atomic E-state index is 0.0744. The molecule has 1 aliphatic heterocycles. The predicted octanol–water partition coefficient (Wildman–Crippen LogP) is 1.32. The van der Waals surface area contributed by atoms with Gasteiger partial charge < -0.3 is 14.3 Å². The first kappa shape index (κ1) is 13.1. The third-order valence-electron chi connectivity index (χ3n) is 3.41. The molecular formula is C13H21N3O2. The summed E-state index contributed by atoms with van der Waals surface area (Å²) in [6.07, 6.45) is 1.73. The first-order chi connectivity index (χ1) is 8.63. The number of hydrogen-bond donors (Lipinski definition) is 0. The highest BCUT2D eigenvalue weighted by atomic mass is 16.5. The molecule has 5 nitrogen and oxygen atoms in total. The summed E-state index contributed by atoms with van der Waals surface area (Å²) in [7, 11) is 2.08. The second kappa shape index (κ2) is 5.52. The second-order valence-corrected chi connectivity index (χ2v) is 4.91. The highest BCUT2D eigenvalue weighted by molar-refractivity contribution is 5.96. The van der Waals surface area contributed by atoms with Crippen LogP contribution in [0.3, 0.4) is 0 Å². The normalized spacial score (nSPS) is 17.2. The van der Waals surface area contributed by atoms with Crippen molar-refractivity contribution < 1.29 is 9.32 Å². The number of aromatic nitrogens is 1. The average Bonchev–Trinajstić information content (AvgIpc) is 2.71. The van der Waals surface area contributed by atoms with Crippen LogP contribution < -0.4 is 0 Å². The minimum atomic E-state index is 0.0744. The highest BCUT2D eigenvalue weighted by Gasteiger charge is 2.26. The van der Waals surface area contributed by atoms with E-state index in [1.54, 1.807) is 0 Å². The molecule has 0 N–H and O–H groups in total. The molecule has 2 heterocycles. The number of piperazine rings is 1. The lowest BCUT2D eigenvalue weighted by atomic mass is 10.1. The molecule has 1 aromatic heterocycles. The van der Waals surface area contributed by atoms with Crippen molar-refractivity contribution in [1.82, 2.24) is 15.0 Å². The summed E-state index contributed by atoms with van der Waals surface area (Å²) in [6.45, 7) is 7.34. The van der Waals surface area contributed by atoms with E-state index in [4.69, 9.17) is 4.52 Å². The van der Waals surface area contributed by atoms with Gasteiger partial charge in [0.2, 0.25) is 0 Å². The molecular weight excluding hydrogens is 230 g/mol. The number of carbonyl (C=O) groups is 1. The standard InChI is InChI=1S/C13H21N3O2/c1-4-5-11-12(10(2)14-18-11)13(17)16-8-6-15(3)7-9-16/h4-9H2,1-3H3. The van der Waals surface area contributed by atoms with E-state index in [9.17, 15) is 4.79 Å². The van der Waals surface area contributed by atoms with E-state index in [0.29, 0.717) is 11.3 Å². The maximum atomic E-state index is 12.5. The zero-order chi connectivity index (χ0) is 13.1. The predicted molar refractivity (Wildman–Crippen MR) is 68.6 cm³/mol. The quantitative estimate of drug-likeness (QED) is 0.813. The van der Waals surface area contributed by atoms with Crippen LogP contribution in [-0.4, -0.2) is 54.1 Å². The molecule has 0 aromatic carbocycles. The van der Waals surface area contributed by atoms with Crippen molar-refractivity contribution in [2.24, 2.45) is 0 Å². The molecule has 100 valence electrons. The van der Waals surface area contributed by atoms with Crippen LogP contribution >= 0.6 is 0 Å². The van der Waals surface area contributed by atoms with Crippen LogP contribution in [0.2, 0.25) is 0 Å². The Balaban J connectivity index is 2.15.